The van der Waals surface area contributed by atoms with Crippen LogP contribution >= 0.6 is 11.8 Å². The largest absolute Gasteiger partial charge is 0.255 e. The summed E-state index contributed by atoms with van der Waals surface area (Å²) in [4.78, 5) is 0. The van der Waals surface area contributed by atoms with E-state index in [1.807, 2.05) is 25.0 Å². The maximum Gasteiger partial charge on any atom is 0.0925 e. The van der Waals surface area contributed by atoms with Crippen molar-refractivity contribution >= 4 is 11.8 Å². The van der Waals surface area contributed by atoms with Crippen LogP contribution in [0.5, 0.6) is 0 Å². The molecule has 1 aromatic heterocycles. The van der Waals surface area contributed by atoms with Gasteiger partial charge in [-0.05, 0) is 5.25 Å². The monoisotopic (exact) mass is 171 g/mol. The second-order valence-corrected chi connectivity index (χ2v) is 4.31. The fourth-order valence-corrected chi connectivity index (χ4v) is 1.35. The van der Waals surface area contributed by atoms with E-state index >= 15 is 0 Å². The van der Waals surface area contributed by atoms with E-state index in [-0.39, 0.29) is 0 Å². The van der Waals surface area contributed by atoms with Gasteiger partial charge in [-0.15, -0.1) is 5.10 Å². The minimum absolute atomic E-state index is 0.664. The Bertz CT molecular complexity index is 219. The standard InChI is InChI=1S/C7H13N3S/c1-6(2)11-5-7-4-10(3)9-8-7/h4,6H,5H2,1-3H3. The molecular weight excluding hydrogens is 158 g/mol. The summed E-state index contributed by atoms with van der Waals surface area (Å²) < 4.78 is 1.73. The topological polar surface area (TPSA) is 30.7 Å². The molecule has 0 fully saturated rings. The zero-order valence-corrected chi connectivity index (χ0v) is 7.93. The molecule has 62 valence electrons. The predicted molar refractivity (Wildman–Crippen MR) is 47.4 cm³/mol. The summed E-state index contributed by atoms with van der Waals surface area (Å²) in [7, 11) is 1.89. The van der Waals surface area contributed by atoms with Crippen molar-refractivity contribution in [1.82, 2.24) is 15.0 Å². The second kappa shape index (κ2) is 3.76. The van der Waals surface area contributed by atoms with E-state index in [0.717, 1.165) is 11.4 Å². The van der Waals surface area contributed by atoms with Crippen molar-refractivity contribution < 1.29 is 0 Å². The van der Waals surface area contributed by atoms with Gasteiger partial charge in [0.1, 0.15) is 0 Å². The van der Waals surface area contributed by atoms with Crippen molar-refractivity contribution in [3.05, 3.63) is 11.9 Å². The third-order valence-electron chi connectivity index (χ3n) is 1.21. The fourth-order valence-electron chi connectivity index (χ4n) is 0.713. The van der Waals surface area contributed by atoms with E-state index in [4.69, 9.17) is 0 Å². The van der Waals surface area contributed by atoms with Crippen LogP contribution in [0.15, 0.2) is 6.20 Å². The summed E-state index contributed by atoms with van der Waals surface area (Å²) in [5.41, 5.74) is 1.06. The minimum atomic E-state index is 0.664. The first-order valence-corrected chi connectivity index (χ1v) is 4.70. The Morgan fingerprint density at radius 3 is 2.82 bits per heavy atom. The molecule has 0 aliphatic heterocycles. The predicted octanol–water partition coefficient (Wildman–Crippen LogP) is 1.46. The molecule has 1 rings (SSSR count). The Hall–Kier alpha value is -0.510. The molecule has 0 saturated heterocycles. The van der Waals surface area contributed by atoms with Gasteiger partial charge >= 0.3 is 0 Å². The maximum atomic E-state index is 3.98. The lowest BCUT2D eigenvalue weighted by atomic mass is 10.5. The number of rotatable bonds is 3. The molecule has 0 saturated carbocycles. The molecule has 11 heavy (non-hydrogen) atoms. The van der Waals surface area contributed by atoms with Crippen molar-refractivity contribution in [3.8, 4) is 0 Å². The van der Waals surface area contributed by atoms with E-state index in [0.29, 0.717) is 5.25 Å². The SMILES string of the molecule is CC(C)SCc1cn(C)nn1. The molecule has 0 bridgehead atoms. The van der Waals surface area contributed by atoms with Crippen LogP contribution in [0.3, 0.4) is 0 Å². The van der Waals surface area contributed by atoms with Crippen LogP contribution in [0.25, 0.3) is 0 Å². The number of hydrogen-bond acceptors (Lipinski definition) is 3. The van der Waals surface area contributed by atoms with Gasteiger partial charge in [-0.1, -0.05) is 19.1 Å². The molecule has 4 heteroatoms. The molecule has 1 heterocycles. The second-order valence-electron chi connectivity index (χ2n) is 2.74. The van der Waals surface area contributed by atoms with Gasteiger partial charge in [0.15, 0.2) is 0 Å². The quantitative estimate of drug-likeness (QED) is 0.689. The number of aryl methyl sites for hydroxylation is 1. The lowest BCUT2D eigenvalue weighted by Crippen LogP contribution is -1.88. The van der Waals surface area contributed by atoms with Crippen LogP contribution in [-0.2, 0) is 12.8 Å². The summed E-state index contributed by atoms with van der Waals surface area (Å²) in [5.74, 6) is 0.964. The van der Waals surface area contributed by atoms with Crippen LogP contribution in [0.4, 0.5) is 0 Å². The Kier molecular flexibility index (Phi) is 2.93. The van der Waals surface area contributed by atoms with E-state index in [9.17, 15) is 0 Å². The number of nitrogens with zero attached hydrogens (tertiary/aromatic N) is 3. The zero-order valence-electron chi connectivity index (χ0n) is 7.11. The van der Waals surface area contributed by atoms with Gasteiger partial charge in [0.25, 0.3) is 0 Å². The van der Waals surface area contributed by atoms with Gasteiger partial charge in [-0.25, -0.2) is 0 Å². The highest BCUT2D eigenvalue weighted by Crippen LogP contribution is 2.14. The molecule has 0 radical (unpaired) electrons. The molecule has 0 unspecified atom stereocenters. The van der Waals surface area contributed by atoms with Gasteiger partial charge in [-0.3, -0.25) is 4.68 Å². The lowest BCUT2D eigenvalue weighted by molar-refractivity contribution is 0.714. The highest BCUT2D eigenvalue weighted by Gasteiger charge is 1.99. The molecule has 0 amide bonds. The highest BCUT2D eigenvalue weighted by molar-refractivity contribution is 7.99. The van der Waals surface area contributed by atoms with E-state index in [2.05, 4.69) is 24.2 Å². The smallest absolute Gasteiger partial charge is 0.0925 e. The van der Waals surface area contributed by atoms with Gasteiger partial charge in [0, 0.05) is 19.0 Å². The number of aromatic nitrogens is 3. The zero-order chi connectivity index (χ0) is 8.27. The maximum absolute atomic E-state index is 3.98. The molecular formula is C7H13N3S. The van der Waals surface area contributed by atoms with Gasteiger partial charge < -0.3 is 0 Å². The molecule has 0 aliphatic rings. The Labute approximate surface area is 71.2 Å². The Balaban J connectivity index is 2.39. The third kappa shape index (κ3) is 2.93. The van der Waals surface area contributed by atoms with Crippen LogP contribution in [0, 0.1) is 0 Å². The van der Waals surface area contributed by atoms with Crippen molar-refractivity contribution in [2.75, 3.05) is 0 Å². The first kappa shape index (κ1) is 8.59. The normalized spacial score (nSPS) is 10.9. The fraction of sp³-hybridized carbons (Fsp3) is 0.714. The Morgan fingerprint density at radius 2 is 2.36 bits per heavy atom. The molecule has 0 atom stereocenters. The van der Waals surface area contributed by atoms with Crippen LogP contribution in [0.2, 0.25) is 0 Å². The average Bonchev–Trinajstić information content (AvgIpc) is 2.31. The number of hydrogen-bond donors (Lipinski definition) is 0. The molecule has 0 N–H and O–H groups in total. The Morgan fingerprint density at radius 1 is 1.64 bits per heavy atom. The van der Waals surface area contributed by atoms with Gasteiger partial charge in [0.05, 0.1) is 5.69 Å². The first-order valence-electron chi connectivity index (χ1n) is 3.65. The molecule has 0 spiro atoms. The average molecular weight is 171 g/mol. The van der Waals surface area contributed by atoms with Gasteiger partial charge in [-0.2, -0.15) is 11.8 Å². The van der Waals surface area contributed by atoms with Crippen LogP contribution < -0.4 is 0 Å². The van der Waals surface area contributed by atoms with E-state index in [1.165, 1.54) is 0 Å². The summed E-state index contributed by atoms with van der Waals surface area (Å²) >= 11 is 1.88. The lowest BCUT2D eigenvalue weighted by Gasteiger charge is -1.99. The molecule has 0 aromatic carbocycles. The van der Waals surface area contributed by atoms with Crippen molar-refractivity contribution in [3.63, 3.8) is 0 Å². The van der Waals surface area contributed by atoms with Gasteiger partial charge in [0.2, 0.25) is 0 Å². The first-order chi connectivity index (χ1) is 5.18. The number of thioether (sulfide) groups is 1. The van der Waals surface area contributed by atoms with Crippen molar-refractivity contribution in [1.29, 1.82) is 0 Å². The van der Waals surface area contributed by atoms with Crippen LogP contribution in [-0.4, -0.2) is 20.2 Å². The molecule has 0 aliphatic carbocycles. The highest BCUT2D eigenvalue weighted by atomic mass is 32.2. The van der Waals surface area contributed by atoms with E-state index < -0.39 is 0 Å². The minimum Gasteiger partial charge on any atom is -0.255 e. The summed E-state index contributed by atoms with van der Waals surface area (Å²) in [6.07, 6.45) is 1.95. The summed E-state index contributed by atoms with van der Waals surface area (Å²) in [6, 6.07) is 0. The van der Waals surface area contributed by atoms with Crippen molar-refractivity contribution in [2.45, 2.75) is 24.9 Å². The van der Waals surface area contributed by atoms with Crippen molar-refractivity contribution in [2.24, 2.45) is 7.05 Å². The molecule has 1 aromatic rings. The summed E-state index contributed by atoms with van der Waals surface area (Å²) in [6.45, 7) is 4.36. The summed E-state index contributed by atoms with van der Waals surface area (Å²) in [5, 5.41) is 8.49. The third-order valence-corrected chi connectivity index (χ3v) is 2.34. The molecule has 3 nitrogen and oxygen atoms in total. The van der Waals surface area contributed by atoms with Crippen LogP contribution in [0.1, 0.15) is 19.5 Å². The van der Waals surface area contributed by atoms with E-state index in [1.54, 1.807) is 4.68 Å².